The van der Waals surface area contributed by atoms with E-state index in [1.807, 2.05) is 18.2 Å². The van der Waals surface area contributed by atoms with Gasteiger partial charge in [0.2, 0.25) is 5.95 Å². The van der Waals surface area contributed by atoms with Gasteiger partial charge in [0.15, 0.2) is 11.5 Å². The highest BCUT2D eigenvalue weighted by Crippen LogP contribution is 2.18. The lowest BCUT2D eigenvalue weighted by Crippen LogP contribution is -2.47. The molecule has 0 aromatic carbocycles. The van der Waals surface area contributed by atoms with Gasteiger partial charge in [-0.3, -0.25) is 14.7 Å². The zero-order valence-corrected chi connectivity index (χ0v) is 16.1. The third-order valence-electron chi connectivity index (χ3n) is 4.83. The Hall–Kier alpha value is -3.33. The summed E-state index contributed by atoms with van der Waals surface area (Å²) in [6, 6.07) is 7.13. The molecule has 1 N–H and O–H groups in total. The summed E-state index contributed by atoms with van der Waals surface area (Å²) < 4.78 is 5.25. The van der Waals surface area contributed by atoms with Gasteiger partial charge in [0, 0.05) is 69.1 Å². The number of carbonyl (C=O) groups is 1. The smallest absolute Gasteiger partial charge is 0.273 e. The molecule has 0 bridgehead atoms. The van der Waals surface area contributed by atoms with Gasteiger partial charge in [-0.2, -0.15) is 0 Å². The molecule has 1 aliphatic rings. The molecule has 3 aromatic rings. The minimum absolute atomic E-state index is 0.227. The van der Waals surface area contributed by atoms with Gasteiger partial charge >= 0.3 is 0 Å². The van der Waals surface area contributed by atoms with E-state index >= 15 is 0 Å². The van der Waals surface area contributed by atoms with Crippen molar-refractivity contribution in [3.05, 3.63) is 54.7 Å². The molecule has 9 heteroatoms. The maximum atomic E-state index is 12.3. The van der Waals surface area contributed by atoms with E-state index in [1.54, 1.807) is 30.9 Å². The molecule has 0 atom stereocenters. The fourth-order valence-corrected chi connectivity index (χ4v) is 3.25. The van der Waals surface area contributed by atoms with Gasteiger partial charge in [-0.1, -0.05) is 5.16 Å². The lowest BCUT2D eigenvalue weighted by molar-refractivity contribution is 0.0942. The Morgan fingerprint density at radius 3 is 2.69 bits per heavy atom. The van der Waals surface area contributed by atoms with Crippen LogP contribution in [0.15, 0.2) is 53.6 Å². The van der Waals surface area contributed by atoms with Gasteiger partial charge in [0.05, 0.1) is 0 Å². The Morgan fingerprint density at radius 2 is 1.93 bits per heavy atom. The number of hydrogen-bond donors (Lipinski definition) is 1. The third kappa shape index (κ3) is 4.94. The molecule has 0 saturated carbocycles. The van der Waals surface area contributed by atoms with Crippen molar-refractivity contribution in [2.24, 2.45) is 0 Å². The fourth-order valence-electron chi connectivity index (χ4n) is 3.25. The van der Waals surface area contributed by atoms with Gasteiger partial charge < -0.3 is 14.7 Å². The van der Waals surface area contributed by atoms with Crippen LogP contribution in [0.2, 0.25) is 0 Å². The number of amides is 1. The first-order valence-corrected chi connectivity index (χ1v) is 9.69. The monoisotopic (exact) mass is 393 g/mol. The predicted octanol–water partition coefficient (Wildman–Crippen LogP) is 1.47. The summed E-state index contributed by atoms with van der Waals surface area (Å²) in [5.41, 5.74) is 1.07. The highest BCUT2D eigenvalue weighted by molar-refractivity contribution is 5.93. The Balaban J connectivity index is 1.17. The van der Waals surface area contributed by atoms with Crippen molar-refractivity contribution in [1.82, 2.24) is 30.3 Å². The number of piperazine rings is 1. The first-order valence-electron chi connectivity index (χ1n) is 9.69. The quantitative estimate of drug-likeness (QED) is 0.603. The third-order valence-corrected chi connectivity index (χ3v) is 4.83. The average molecular weight is 393 g/mol. The van der Waals surface area contributed by atoms with Crippen LogP contribution in [0.1, 0.15) is 16.9 Å². The number of aromatic nitrogens is 4. The maximum absolute atomic E-state index is 12.3. The molecule has 0 aliphatic carbocycles. The van der Waals surface area contributed by atoms with Crippen molar-refractivity contribution in [1.29, 1.82) is 0 Å². The Morgan fingerprint density at radius 1 is 1.10 bits per heavy atom. The maximum Gasteiger partial charge on any atom is 0.273 e. The summed E-state index contributed by atoms with van der Waals surface area (Å²) in [7, 11) is 0. The molecule has 1 aliphatic heterocycles. The van der Waals surface area contributed by atoms with Crippen LogP contribution in [0.3, 0.4) is 0 Å². The molecule has 0 unspecified atom stereocenters. The number of nitrogens with zero attached hydrogens (tertiary/aromatic N) is 6. The summed E-state index contributed by atoms with van der Waals surface area (Å²) >= 11 is 0. The number of hydrogen-bond acceptors (Lipinski definition) is 8. The molecule has 1 amide bonds. The minimum atomic E-state index is -0.227. The van der Waals surface area contributed by atoms with E-state index in [0.717, 1.165) is 50.7 Å². The first-order chi connectivity index (χ1) is 14.3. The van der Waals surface area contributed by atoms with Gasteiger partial charge in [0.25, 0.3) is 5.91 Å². The van der Waals surface area contributed by atoms with Crippen LogP contribution in [-0.4, -0.2) is 70.2 Å². The second kappa shape index (κ2) is 9.24. The van der Waals surface area contributed by atoms with Crippen molar-refractivity contribution in [3.8, 4) is 11.3 Å². The van der Waals surface area contributed by atoms with E-state index in [-0.39, 0.29) is 11.6 Å². The molecule has 0 spiro atoms. The van der Waals surface area contributed by atoms with Gasteiger partial charge in [0.1, 0.15) is 0 Å². The molecule has 29 heavy (non-hydrogen) atoms. The summed E-state index contributed by atoms with van der Waals surface area (Å²) in [4.78, 5) is 29.5. The SMILES string of the molecule is O=C(NCCCN1CCN(c2ncccn2)CC1)c1cc(-c2cccnc2)on1. The van der Waals surface area contributed by atoms with Crippen LogP contribution in [0.25, 0.3) is 11.3 Å². The van der Waals surface area contributed by atoms with Crippen LogP contribution < -0.4 is 10.2 Å². The molecule has 9 nitrogen and oxygen atoms in total. The van der Waals surface area contributed by atoms with Crippen molar-refractivity contribution >= 4 is 11.9 Å². The first kappa shape index (κ1) is 19.0. The highest BCUT2D eigenvalue weighted by Gasteiger charge is 2.18. The van der Waals surface area contributed by atoms with Crippen molar-refractivity contribution in [3.63, 3.8) is 0 Å². The second-order valence-electron chi connectivity index (χ2n) is 6.81. The normalized spacial score (nSPS) is 14.7. The van der Waals surface area contributed by atoms with E-state index in [1.165, 1.54) is 0 Å². The number of pyridine rings is 1. The largest absolute Gasteiger partial charge is 0.355 e. The molecular weight excluding hydrogens is 370 g/mol. The summed E-state index contributed by atoms with van der Waals surface area (Å²) in [6.07, 6.45) is 7.77. The van der Waals surface area contributed by atoms with Crippen molar-refractivity contribution < 1.29 is 9.32 Å². The Kier molecular flexibility index (Phi) is 6.06. The number of rotatable bonds is 7. The van der Waals surface area contributed by atoms with E-state index in [2.05, 4.69) is 35.2 Å². The predicted molar refractivity (Wildman–Crippen MR) is 107 cm³/mol. The van der Waals surface area contributed by atoms with Crippen LogP contribution in [0, 0.1) is 0 Å². The molecule has 4 heterocycles. The molecule has 3 aromatic heterocycles. The van der Waals surface area contributed by atoms with Crippen molar-refractivity contribution in [2.75, 3.05) is 44.2 Å². The van der Waals surface area contributed by atoms with Crippen LogP contribution >= 0.6 is 0 Å². The Labute approximate surface area is 168 Å². The highest BCUT2D eigenvalue weighted by atomic mass is 16.5. The number of carbonyl (C=O) groups excluding carboxylic acids is 1. The lowest BCUT2D eigenvalue weighted by Gasteiger charge is -2.34. The second-order valence-corrected chi connectivity index (χ2v) is 6.81. The molecule has 150 valence electrons. The Bertz CT molecular complexity index is 909. The fraction of sp³-hybridized carbons (Fsp3) is 0.350. The zero-order valence-electron chi connectivity index (χ0n) is 16.1. The standard InChI is InChI=1S/C20H23N7O2/c28-19(17-14-18(29-25-17)16-4-1-5-21-15-16)22-8-3-9-26-10-12-27(13-11-26)20-23-6-2-7-24-20/h1-2,4-7,14-15H,3,8-13H2,(H,22,28). The lowest BCUT2D eigenvalue weighted by atomic mass is 10.2. The molecule has 4 rings (SSSR count). The minimum Gasteiger partial charge on any atom is -0.355 e. The molecule has 0 radical (unpaired) electrons. The van der Waals surface area contributed by atoms with Crippen molar-refractivity contribution in [2.45, 2.75) is 6.42 Å². The van der Waals surface area contributed by atoms with E-state index in [0.29, 0.717) is 12.3 Å². The van der Waals surface area contributed by atoms with Gasteiger partial charge in [-0.15, -0.1) is 0 Å². The molecule has 1 saturated heterocycles. The summed E-state index contributed by atoms with van der Waals surface area (Å²) in [5.74, 6) is 1.09. The summed E-state index contributed by atoms with van der Waals surface area (Å²) in [5, 5.41) is 6.76. The van der Waals surface area contributed by atoms with Crippen LogP contribution in [0.5, 0.6) is 0 Å². The number of nitrogens with one attached hydrogen (secondary N) is 1. The van der Waals surface area contributed by atoms with E-state index in [9.17, 15) is 4.79 Å². The van der Waals surface area contributed by atoms with Crippen LogP contribution in [-0.2, 0) is 0 Å². The summed E-state index contributed by atoms with van der Waals surface area (Å²) in [6.45, 7) is 5.27. The van der Waals surface area contributed by atoms with Gasteiger partial charge in [-0.25, -0.2) is 9.97 Å². The zero-order chi connectivity index (χ0) is 19.9. The van der Waals surface area contributed by atoms with E-state index < -0.39 is 0 Å². The molecular formula is C20H23N7O2. The van der Waals surface area contributed by atoms with E-state index in [4.69, 9.17) is 4.52 Å². The molecule has 1 fully saturated rings. The van der Waals surface area contributed by atoms with Gasteiger partial charge in [-0.05, 0) is 31.2 Å². The number of anilines is 1. The topological polar surface area (TPSA) is 100 Å². The van der Waals surface area contributed by atoms with Crippen LogP contribution in [0.4, 0.5) is 5.95 Å². The average Bonchev–Trinajstić information content (AvgIpc) is 3.29.